The van der Waals surface area contributed by atoms with Crippen molar-refractivity contribution in [3.63, 3.8) is 0 Å². The van der Waals surface area contributed by atoms with Crippen molar-refractivity contribution in [3.8, 4) is 0 Å². The SMILES string of the molecule is C=C(N)c1ccc(C)cc1Cl.CC. The fourth-order valence-electron chi connectivity index (χ4n) is 0.881. The molecule has 0 spiro atoms. The van der Waals surface area contributed by atoms with E-state index in [1.165, 1.54) is 0 Å². The second-order valence-corrected chi connectivity index (χ2v) is 2.92. The summed E-state index contributed by atoms with van der Waals surface area (Å²) in [6.45, 7) is 9.59. The molecule has 0 aromatic heterocycles. The first-order valence-electron chi connectivity index (χ1n) is 4.32. The summed E-state index contributed by atoms with van der Waals surface area (Å²) in [6.07, 6.45) is 0. The van der Waals surface area contributed by atoms with E-state index in [2.05, 4.69) is 6.58 Å². The minimum Gasteiger partial charge on any atom is -0.399 e. The maximum absolute atomic E-state index is 5.88. The van der Waals surface area contributed by atoms with Crippen molar-refractivity contribution in [3.05, 3.63) is 40.9 Å². The van der Waals surface area contributed by atoms with Crippen LogP contribution in [0.1, 0.15) is 25.0 Å². The first-order chi connectivity index (χ1) is 6.11. The van der Waals surface area contributed by atoms with E-state index in [0.717, 1.165) is 11.1 Å². The Morgan fingerprint density at radius 1 is 1.38 bits per heavy atom. The van der Waals surface area contributed by atoms with Crippen molar-refractivity contribution in [2.75, 3.05) is 0 Å². The van der Waals surface area contributed by atoms with E-state index in [-0.39, 0.29) is 0 Å². The molecular formula is C11H16ClN. The van der Waals surface area contributed by atoms with Gasteiger partial charge in [-0.3, -0.25) is 0 Å². The number of hydrogen-bond acceptors (Lipinski definition) is 1. The topological polar surface area (TPSA) is 26.0 Å². The summed E-state index contributed by atoms with van der Waals surface area (Å²) in [7, 11) is 0. The molecule has 0 aliphatic heterocycles. The number of rotatable bonds is 1. The molecule has 0 heterocycles. The molecule has 2 N–H and O–H groups in total. The molecule has 0 atom stereocenters. The van der Waals surface area contributed by atoms with Crippen molar-refractivity contribution < 1.29 is 0 Å². The van der Waals surface area contributed by atoms with E-state index in [4.69, 9.17) is 17.3 Å². The molecule has 0 saturated carbocycles. The van der Waals surface area contributed by atoms with Gasteiger partial charge in [0.05, 0.1) is 5.02 Å². The lowest BCUT2D eigenvalue weighted by atomic mass is 10.1. The van der Waals surface area contributed by atoms with Gasteiger partial charge in [0, 0.05) is 11.3 Å². The van der Waals surface area contributed by atoms with Crippen molar-refractivity contribution >= 4 is 17.3 Å². The smallest absolute Gasteiger partial charge is 0.0501 e. The quantitative estimate of drug-likeness (QED) is 0.732. The van der Waals surface area contributed by atoms with Crippen LogP contribution in [0.25, 0.3) is 5.70 Å². The first-order valence-corrected chi connectivity index (χ1v) is 4.70. The highest BCUT2D eigenvalue weighted by molar-refractivity contribution is 6.32. The summed E-state index contributed by atoms with van der Waals surface area (Å²) in [5, 5.41) is 0.664. The van der Waals surface area contributed by atoms with Crippen LogP contribution in [0.3, 0.4) is 0 Å². The van der Waals surface area contributed by atoms with Crippen molar-refractivity contribution in [2.24, 2.45) is 5.73 Å². The zero-order valence-corrected chi connectivity index (χ0v) is 9.15. The number of benzene rings is 1. The number of halogens is 1. The fraction of sp³-hybridized carbons (Fsp3) is 0.273. The second kappa shape index (κ2) is 5.65. The Bertz CT molecular complexity index is 292. The molecule has 0 bridgehead atoms. The maximum atomic E-state index is 5.88. The summed E-state index contributed by atoms with van der Waals surface area (Å²) in [5.74, 6) is 0. The normalized spacial score (nSPS) is 8.62. The van der Waals surface area contributed by atoms with E-state index in [1.54, 1.807) is 0 Å². The van der Waals surface area contributed by atoms with Gasteiger partial charge in [-0.15, -0.1) is 0 Å². The van der Waals surface area contributed by atoms with Crippen LogP contribution in [-0.2, 0) is 0 Å². The molecule has 72 valence electrons. The third-order valence-electron chi connectivity index (χ3n) is 1.47. The van der Waals surface area contributed by atoms with E-state index in [0.29, 0.717) is 10.7 Å². The predicted octanol–water partition coefficient (Wildman–Crippen LogP) is 3.60. The van der Waals surface area contributed by atoms with E-state index >= 15 is 0 Å². The summed E-state index contributed by atoms with van der Waals surface area (Å²) < 4.78 is 0. The van der Waals surface area contributed by atoms with Gasteiger partial charge in [-0.2, -0.15) is 0 Å². The van der Waals surface area contributed by atoms with Crippen molar-refractivity contribution in [2.45, 2.75) is 20.8 Å². The Balaban J connectivity index is 0.000000671. The molecule has 2 heteroatoms. The fourth-order valence-corrected chi connectivity index (χ4v) is 1.24. The van der Waals surface area contributed by atoms with Gasteiger partial charge in [0.15, 0.2) is 0 Å². The second-order valence-electron chi connectivity index (χ2n) is 2.51. The van der Waals surface area contributed by atoms with Crippen molar-refractivity contribution in [1.82, 2.24) is 0 Å². The van der Waals surface area contributed by atoms with Gasteiger partial charge in [0.25, 0.3) is 0 Å². The zero-order valence-electron chi connectivity index (χ0n) is 8.39. The Hall–Kier alpha value is -0.950. The lowest BCUT2D eigenvalue weighted by Crippen LogP contribution is -1.94. The Morgan fingerprint density at radius 2 is 1.92 bits per heavy atom. The molecule has 0 amide bonds. The highest BCUT2D eigenvalue weighted by Gasteiger charge is 1.99. The molecule has 0 aliphatic rings. The average Bonchev–Trinajstić information content (AvgIpc) is 2.07. The third kappa shape index (κ3) is 3.51. The lowest BCUT2D eigenvalue weighted by Gasteiger charge is -2.02. The van der Waals surface area contributed by atoms with E-state index < -0.39 is 0 Å². The molecule has 0 aliphatic carbocycles. The summed E-state index contributed by atoms with van der Waals surface area (Å²) in [5.41, 5.74) is 7.94. The van der Waals surface area contributed by atoms with Crippen LogP contribution in [0, 0.1) is 6.92 Å². The van der Waals surface area contributed by atoms with Gasteiger partial charge in [-0.1, -0.05) is 44.2 Å². The molecule has 0 fully saturated rings. The molecule has 1 aromatic rings. The lowest BCUT2D eigenvalue weighted by molar-refractivity contribution is 1.43. The monoisotopic (exact) mass is 197 g/mol. The molecular weight excluding hydrogens is 182 g/mol. The Morgan fingerprint density at radius 3 is 2.31 bits per heavy atom. The molecule has 0 unspecified atom stereocenters. The van der Waals surface area contributed by atoms with Crippen LogP contribution in [0.4, 0.5) is 0 Å². The largest absolute Gasteiger partial charge is 0.399 e. The zero-order chi connectivity index (χ0) is 10.4. The summed E-state index contributed by atoms with van der Waals surface area (Å²) in [4.78, 5) is 0. The highest BCUT2D eigenvalue weighted by atomic mass is 35.5. The molecule has 1 nitrogen and oxygen atoms in total. The minimum absolute atomic E-state index is 0.509. The van der Waals surface area contributed by atoms with Gasteiger partial charge in [-0.05, 0) is 18.6 Å². The highest BCUT2D eigenvalue weighted by Crippen LogP contribution is 2.20. The third-order valence-corrected chi connectivity index (χ3v) is 1.78. The minimum atomic E-state index is 0.509. The number of nitrogens with two attached hydrogens (primary N) is 1. The van der Waals surface area contributed by atoms with E-state index in [9.17, 15) is 0 Å². The average molecular weight is 198 g/mol. The maximum Gasteiger partial charge on any atom is 0.0501 e. The predicted molar refractivity (Wildman–Crippen MR) is 60.8 cm³/mol. The van der Waals surface area contributed by atoms with Crippen LogP contribution in [0.2, 0.25) is 5.02 Å². The van der Waals surface area contributed by atoms with Crippen LogP contribution >= 0.6 is 11.6 Å². The number of hydrogen-bond donors (Lipinski definition) is 1. The number of aryl methyl sites for hydroxylation is 1. The van der Waals surface area contributed by atoms with Gasteiger partial charge in [0.1, 0.15) is 0 Å². The van der Waals surface area contributed by atoms with Crippen LogP contribution in [0.5, 0.6) is 0 Å². The van der Waals surface area contributed by atoms with Crippen LogP contribution in [0.15, 0.2) is 24.8 Å². The van der Waals surface area contributed by atoms with Crippen molar-refractivity contribution in [1.29, 1.82) is 0 Å². The Kier molecular flexibility index (Phi) is 5.24. The van der Waals surface area contributed by atoms with Gasteiger partial charge in [0.2, 0.25) is 0 Å². The molecule has 0 radical (unpaired) electrons. The van der Waals surface area contributed by atoms with Crippen LogP contribution in [-0.4, -0.2) is 0 Å². The summed E-state index contributed by atoms with van der Waals surface area (Å²) in [6, 6.07) is 5.70. The standard InChI is InChI=1S/C9H10ClN.C2H6/c1-6-3-4-8(7(2)11)9(10)5-6;1-2/h3-5H,2,11H2,1H3;1-2H3. The van der Waals surface area contributed by atoms with Gasteiger partial charge >= 0.3 is 0 Å². The Labute approximate surface area is 85.2 Å². The van der Waals surface area contributed by atoms with Crippen LogP contribution < -0.4 is 5.73 Å². The molecule has 1 rings (SSSR count). The molecule has 13 heavy (non-hydrogen) atoms. The molecule has 0 saturated heterocycles. The first kappa shape index (κ1) is 12.0. The van der Waals surface area contributed by atoms with Gasteiger partial charge < -0.3 is 5.73 Å². The van der Waals surface area contributed by atoms with E-state index in [1.807, 2.05) is 39.0 Å². The molecule has 1 aromatic carbocycles. The summed E-state index contributed by atoms with van der Waals surface area (Å²) >= 11 is 5.88. The van der Waals surface area contributed by atoms with Gasteiger partial charge in [-0.25, -0.2) is 0 Å².